The van der Waals surface area contributed by atoms with Crippen LogP contribution in [0.5, 0.6) is 5.75 Å². The van der Waals surface area contributed by atoms with Crippen molar-refractivity contribution in [2.45, 2.75) is 27.2 Å². The minimum absolute atomic E-state index is 0.127. The van der Waals surface area contributed by atoms with Crippen LogP contribution in [0.1, 0.15) is 31.4 Å². The Morgan fingerprint density at radius 2 is 2.33 bits per heavy atom. The van der Waals surface area contributed by atoms with Gasteiger partial charge in [-0.15, -0.1) is 0 Å². The summed E-state index contributed by atoms with van der Waals surface area (Å²) in [6, 6.07) is 1.52. The first-order valence-corrected chi connectivity index (χ1v) is 7.21. The molecule has 1 atom stereocenters. The molecule has 1 aliphatic rings. The van der Waals surface area contributed by atoms with Gasteiger partial charge in [-0.05, 0) is 26.3 Å². The largest absolute Gasteiger partial charge is 0.484 e. The number of rotatable bonds is 4. The summed E-state index contributed by atoms with van der Waals surface area (Å²) < 4.78 is 19.9. The fourth-order valence-electron chi connectivity index (χ4n) is 2.27. The molecule has 6 heteroatoms. The van der Waals surface area contributed by atoms with E-state index in [-0.39, 0.29) is 29.1 Å². The van der Waals surface area contributed by atoms with Crippen LogP contribution in [0.25, 0.3) is 0 Å². The van der Waals surface area contributed by atoms with Gasteiger partial charge in [0.05, 0.1) is 10.7 Å². The minimum Gasteiger partial charge on any atom is -0.484 e. The number of carbonyl (C=O) groups is 1. The molecule has 0 amide bonds. The third-order valence-electron chi connectivity index (χ3n) is 3.45. The second kappa shape index (κ2) is 6.43. The SMILES string of the molecule is CC(=O)COc1c(Cl)cc(C2=NNCCC2C)c(F)c1C. The number of halogens is 2. The molecule has 1 aromatic carbocycles. The van der Waals surface area contributed by atoms with E-state index in [2.05, 4.69) is 10.5 Å². The molecule has 0 radical (unpaired) electrons. The number of ketones is 1. The normalized spacial score (nSPS) is 18.0. The smallest absolute Gasteiger partial charge is 0.167 e. The number of Topliss-reactive ketones (excluding diaryl/α,β-unsaturated/α-hetero) is 1. The van der Waals surface area contributed by atoms with E-state index in [0.717, 1.165) is 13.0 Å². The summed E-state index contributed by atoms with van der Waals surface area (Å²) in [6.07, 6.45) is 0.886. The summed E-state index contributed by atoms with van der Waals surface area (Å²) in [7, 11) is 0. The third kappa shape index (κ3) is 3.35. The molecule has 0 aromatic heterocycles. The van der Waals surface area contributed by atoms with Crippen molar-refractivity contribution in [1.82, 2.24) is 5.43 Å². The Balaban J connectivity index is 2.42. The maximum atomic E-state index is 14.6. The molecule has 21 heavy (non-hydrogen) atoms. The van der Waals surface area contributed by atoms with E-state index < -0.39 is 5.82 Å². The first-order valence-electron chi connectivity index (χ1n) is 6.83. The van der Waals surface area contributed by atoms with E-state index in [1.165, 1.54) is 13.0 Å². The van der Waals surface area contributed by atoms with Gasteiger partial charge in [0.25, 0.3) is 0 Å². The number of nitrogens with one attached hydrogen (secondary N) is 1. The van der Waals surface area contributed by atoms with Crippen LogP contribution in [-0.2, 0) is 4.79 Å². The van der Waals surface area contributed by atoms with E-state index >= 15 is 0 Å². The molecule has 1 heterocycles. The van der Waals surface area contributed by atoms with Crippen LogP contribution in [0.3, 0.4) is 0 Å². The Morgan fingerprint density at radius 1 is 1.62 bits per heavy atom. The maximum Gasteiger partial charge on any atom is 0.167 e. The molecule has 0 saturated heterocycles. The highest BCUT2D eigenvalue weighted by Gasteiger charge is 2.24. The van der Waals surface area contributed by atoms with Crippen molar-refractivity contribution >= 4 is 23.1 Å². The van der Waals surface area contributed by atoms with Gasteiger partial charge in [0, 0.05) is 23.6 Å². The van der Waals surface area contributed by atoms with Gasteiger partial charge in [-0.1, -0.05) is 18.5 Å². The molecule has 0 spiro atoms. The lowest BCUT2D eigenvalue weighted by molar-refractivity contribution is -0.118. The van der Waals surface area contributed by atoms with Gasteiger partial charge in [0.15, 0.2) is 5.78 Å². The fourth-order valence-corrected chi connectivity index (χ4v) is 2.57. The molecule has 114 valence electrons. The number of carbonyl (C=O) groups excluding carboxylic acids is 1. The Kier molecular flexibility index (Phi) is 4.83. The van der Waals surface area contributed by atoms with Crippen LogP contribution in [-0.4, -0.2) is 24.6 Å². The summed E-state index contributed by atoms with van der Waals surface area (Å²) in [5.41, 5.74) is 4.21. The van der Waals surface area contributed by atoms with Crippen molar-refractivity contribution in [2.24, 2.45) is 11.0 Å². The molecule has 4 nitrogen and oxygen atoms in total. The number of hydrogen-bond donors (Lipinski definition) is 1. The van der Waals surface area contributed by atoms with Crippen LogP contribution >= 0.6 is 11.6 Å². The van der Waals surface area contributed by atoms with E-state index in [0.29, 0.717) is 16.8 Å². The first kappa shape index (κ1) is 15.8. The summed E-state index contributed by atoms with van der Waals surface area (Å²) in [5.74, 6) is -0.193. The molecule has 1 N–H and O–H groups in total. The van der Waals surface area contributed by atoms with Gasteiger partial charge < -0.3 is 10.2 Å². The topological polar surface area (TPSA) is 50.7 Å². The van der Waals surface area contributed by atoms with E-state index in [1.807, 2.05) is 6.92 Å². The molecule has 1 aliphatic heterocycles. The first-order chi connectivity index (χ1) is 9.91. The summed E-state index contributed by atoms with van der Waals surface area (Å²) in [6.45, 7) is 5.64. The summed E-state index contributed by atoms with van der Waals surface area (Å²) >= 11 is 6.18. The van der Waals surface area contributed by atoms with Crippen molar-refractivity contribution in [1.29, 1.82) is 0 Å². The Morgan fingerprint density at radius 3 is 2.95 bits per heavy atom. The number of hydrogen-bond acceptors (Lipinski definition) is 4. The highest BCUT2D eigenvalue weighted by atomic mass is 35.5. The zero-order valence-corrected chi connectivity index (χ0v) is 13.1. The predicted molar refractivity (Wildman–Crippen MR) is 80.6 cm³/mol. The summed E-state index contributed by atoms with van der Waals surface area (Å²) in [4.78, 5) is 11.0. The van der Waals surface area contributed by atoms with Crippen LogP contribution in [0.2, 0.25) is 5.02 Å². The number of hydrazone groups is 1. The van der Waals surface area contributed by atoms with Gasteiger partial charge in [-0.25, -0.2) is 4.39 Å². The number of benzene rings is 1. The van der Waals surface area contributed by atoms with Gasteiger partial charge in [-0.3, -0.25) is 4.79 Å². The molecule has 0 saturated carbocycles. The Bertz CT molecular complexity index is 602. The van der Waals surface area contributed by atoms with Gasteiger partial charge >= 0.3 is 0 Å². The maximum absolute atomic E-state index is 14.6. The lowest BCUT2D eigenvalue weighted by Gasteiger charge is -2.22. The zero-order chi connectivity index (χ0) is 15.6. The minimum atomic E-state index is -0.410. The lowest BCUT2D eigenvalue weighted by Crippen LogP contribution is -2.28. The fraction of sp³-hybridized carbons (Fsp3) is 0.467. The van der Waals surface area contributed by atoms with Gasteiger partial charge in [0.1, 0.15) is 18.2 Å². The molecule has 0 fully saturated rings. The lowest BCUT2D eigenvalue weighted by atomic mass is 9.93. The predicted octanol–water partition coefficient (Wildman–Crippen LogP) is 3.09. The van der Waals surface area contributed by atoms with Crippen molar-refractivity contribution in [3.05, 3.63) is 28.0 Å². The monoisotopic (exact) mass is 312 g/mol. The van der Waals surface area contributed by atoms with Crippen LogP contribution < -0.4 is 10.2 Å². The average molecular weight is 313 g/mol. The molecular formula is C15H18ClFN2O2. The standard InChI is InChI=1S/C15H18ClFN2O2/c1-8-4-5-18-19-14(8)11-6-12(16)15(10(3)13(11)17)21-7-9(2)20/h6,8,18H,4-5,7H2,1-3H3. The molecule has 1 aromatic rings. The van der Waals surface area contributed by atoms with Crippen LogP contribution in [0, 0.1) is 18.7 Å². The van der Waals surface area contributed by atoms with E-state index in [4.69, 9.17) is 16.3 Å². The third-order valence-corrected chi connectivity index (χ3v) is 3.73. The molecule has 2 rings (SSSR count). The second-order valence-electron chi connectivity index (χ2n) is 5.26. The number of nitrogens with zero attached hydrogens (tertiary/aromatic N) is 1. The van der Waals surface area contributed by atoms with Crippen LogP contribution in [0.15, 0.2) is 11.2 Å². The highest BCUT2D eigenvalue weighted by Crippen LogP contribution is 2.34. The summed E-state index contributed by atoms with van der Waals surface area (Å²) in [5, 5.41) is 4.48. The van der Waals surface area contributed by atoms with Gasteiger partial charge in [0.2, 0.25) is 0 Å². The quantitative estimate of drug-likeness (QED) is 0.929. The molecule has 1 unspecified atom stereocenters. The van der Waals surface area contributed by atoms with Gasteiger partial charge in [-0.2, -0.15) is 5.10 Å². The van der Waals surface area contributed by atoms with E-state index in [9.17, 15) is 9.18 Å². The molecule has 0 bridgehead atoms. The van der Waals surface area contributed by atoms with Crippen LogP contribution in [0.4, 0.5) is 4.39 Å². The number of ether oxygens (including phenoxy) is 1. The molecule has 0 aliphatic carbocycles. The van der Waals surface area contributed by atoms with E-state index in [1.54, 1.807) is 6.92 Å². The molecular weight excluding hydrogens is 295 g/mol. The Hall–Kier alpha value is -1.62. The van der Waals surface area contributed by atoms with Crippen molar-refractivity contribution < 1.29 is 13.9 Å². The van der Waals surface area contributed by atoms with Crippen molar-refractivity contribution in [3.8, 4) is 5.75 Å². The Labute approximate surface area is 128 Å². The van der Waals surface area contributed by atoms with Crippen molar-refractivity contribution in [2.75, 3.05) is 13.2 Å². The zero-order valence-electron chi connectivity index (χ0n) is 12.3. The average Bonchev–Trinajstić information content (AvgIpc) is 2.43. The second-order valence-corrected chi connectivity index (χ2v) is 5.67. The van der Waals surface area contributed by atoms with Crippen molar-refractivity contribution in [3.63, 3.8) is 0 Å². The highest BCUT2D eigenvalue weighted by molar-refractivity contribution is 6.32.